The molecule has 8 nitrogen and oxygen atoms in total. The van der Waals surface area contributed by atoms with Gasteiger partial charge in [0.1, 0.15) is 0 Å². The highest BCUT2D eigenvalue weighted by Crippen LogP contribution is 2.31. The van der Waals surface area contributed by atoms with Crippen molar-refractivity contribution in [2.24, 2.45) is 0 Å². The quantitative estimate of drug-likeness (QED) is 0.668. The van der Waals surface area contributed by atoms with Gasteiger partial charge in [-0.2, -0.15) is 15.0 Å². The van der Waals surface area contributed by atoms with Crippen LogP contribution in [0.1, 0.15) is 12.5 Å². The fourth-order valence-corrected chi connectivity index (χ4v) is 1.72. The lowest BCUT2D eigenvalue weighted by atomic mass is 10.2. The number of ether oxygens (including phenoxy) is 1. The average molecular weight is 310 g/mol. The summed E-state index contributed by atoms with van der Waals surface area (Å²) in [7, 11) is 0. The smallest absolute Gasteiger partial charge is 0.328 e. The summed E-state index contributed by atoms with van der Waals surface area (Å²) >= 11 is 5.76. The molecule has 0 saturated heterocycles. The summed E-state index contributed by atoms with van der Waals surface area (Å²) < 4.78 is 5.37. The first-order valence-corrected chi connectivity index (χ1v) is 6.45. The number of benzene rings is 1. The largest absolute Gasteiger partial charge is 0.417 e. The highest BCUT2D eigenvalue weighted by Gasteiger charge is 2.17. The molecule has 0 spiro atoms. The molecule has 0 radical (unpaired) electrons. The van der Waals surface area contributed by atoms with Gasteiger partial charge < -0.3 is 10.1 Å². The van der Waals surface area contributed by atoms with E-state index in [0.29, 0.717) is 6.54 Å². The number of nitrogens with one attached hydrogen (secondary N) is 1. The van der Waals surface area contributed by atoms with Crippen LogP contribution < -0.4 is 10.1 Å². The Labute approximate surface area is 125 Å². The molecule has 2 rings (SSSR count). The van der Waals surface area contributed by atoms with Crippen molar-refractivity contribution in [3.05, 3.63) is 39.2 Å². The SMILES string of the molecule is CCNc1nc(Cl)nc(Oc2ccc(C)cc2[N+](=O)[O-])n1. The van der Waals surface area contributed by atoms with Gasteiger partial charge in [0, 0.05) is 12.6 Å². The Kier molecular flexibility index (Phi) is 4.49. The first-order chi connectivity index (χ1) is 9.99. The average Bonchev–Trinajstić information content (AvgIpc) is 2.40. The van der Waals surface area contributed by atoms with Crippen molar-refractivity contribution in [3.8, 4) is 11.8 Å². The van der Waals surface area contributed by atoms with Gasteiger partial charge in [0.05, 0.1) is 4.92 Å². The number of halogens is 1. The molecule has 0 atom stereocenters. The van der Waals surface area contributed by atoms with E-state index in [1.54, 1.807) is 13.0 Å². The molecule has 0 saturated carbocycles. The van der Waals surface area contributed by atoms with E-state index in [-0.39, 0.29) is 28.7 Å². The zero-order valence-corrected chi connectivity index (χ0v) is 12.1. The Morgan fingerprint density at radius 3 is 2.81 bits per heavy atom. The number of nitro benzene ring substituents is 1. The van der Waals surface area contributed by atoms with Crippen LogP contribution in [0.25, 0.3) is 0 Å². The summed E-state index contributed by atoms with van der Waals surface area (Å²) in [4.78, 5) is 22.1. The van der Waals surface area contributed by atoms with Gasteiger partial charge in [-0.25, -0.2) is 0 Å². The molecule has 0 aliphatic rings. The molecule has 0 aliphatic carbocycles. The molecular formula is C12H12ClN5O3. The third-order valence-corrected chi connectivity index (χ3v) is 2.60. The van der Waals surface area contributed by atoms with Gasteiger partial charge in [0.2, 0.25) is 17.0 Å². The molecule has 21 heavy (non-hydrogen) atoms. The van der Waals surface area contributed by atoms with Gasteiger partial charge in [0.15, 0.2) is 0 Å². The minimum Gasteiger partial charge on any atom is -0.417 e. The van der Waals surface area contributed by atoms with Gasteiger partial charge in [-0.05, 0) is 37.1 Å². The lowest BCUT2D eigenvalue weighted by Crippen LogP contribution is -2.05. The molecule has 1 aromatic heterocycles. The highest BCUT2D eigenvalue weighted by atomic mass is 35.5. The number of anilines is 1. The molecule has 0 unspecified atom stereocenters. The monoisotopic (exact) mass is 309 g/mol. The van der Waals surface area contributed by atoms with E-state index in [4.69, 9.17) is 16.3 Å². The lowest BCUT2D eigenvalue weighted by Gasteiger charge is -2.07. The van der Waals surface area contributed by atoms with E-state index in [1.807, 2.05) is 6.92 Å². The third-order valence-electron chi connectivity index (χ3n) is 2.43. The van der Waals surface area contributed by atoms with Gasteiger partial charge in [0.25, 0.3) is 0 Å². The van der Waals surface area contributed by atoms with E-state index in [1.165, 1.54) is 12.1 Å². The fourth-order valence-electron chi connectivity index (χ4n) is 1.57. The fraction of sp³-hybridized carbons (Fsp3) is 0.250. The van der Waals surface area contributed by atoms with Crippen LogP contribution in [-0.2, 0) is 0 Å². The molecule has 9 heteroatoms. The first-order valence-electron chi connectivity index (χ1n) is 6.08. The molecule has 1 N–H and O–H groups in total. The number of nitro groups is 1. The Morgan fingerprint density at radius 1 is 1.38 bits per heavy atom. The van der Waals surface area contributed by atoms with Crippen LogP contribution in [0, 0.1) is 17.0 Å². The zero-order chi connectivity index (χ0) is 15.4. The molecule has 0 aliphatic heterocycles. The van der Waals surface area contributed by atoms with Crippen molar-refractivity contribution in [1.29, 1.82) is 0 Å². The Morgan fingerprint density at radius 2 is 2.14 bits per heavy atom. The predicted molar refractivity (Wildman–Crippen MR) is 76.9 cm³/mol. The number of hydrogen-bond acceptors (Lipinski definition) is 7. The second kappa shape index (κ2) is 6.31. The summed E-state index contributed by atoms with van der Waals surface area (Å²) in [5, 5.41) is 13.8. The van der Waals surface area contributed by atoms with Crippen LogP contribution in [0.2, 0.25) is 5.28 Å². The molecular weight excluding hydrogens is 298 g/mol. The van der Waals surface area contributed by atoms with Crippen LogP contribution in [0.5, 0.6) is 11.8 Å². The highest BCUT2D eigenvalue weighted by molar-refractivity contribution is 6.28. The zero-order valence-electron chi connectivity index (χ0n) is 11.3. The van der Waals surface area contributed by atoms with E-state index in [9.17, 15) is 10.1 Å². The molecule has 1 aromatic carbocycles. The maximum Gasteiger partial charge on any atom is 0.328 e. The van der Waals surface area contributed by atoms with Gasteiger partial charge >= 0.3 is 11.7 Å². The minimum absolute atomic E-state index is 0.0373. The van der Waals surface area contributed by atoms with Crippen molar-refractivity contribution < 1.29 is 9.66 Å². The summed E-state index contributed by atoms with van der Waals surface area (Å²) in [6.07, 6.45) is 0. The number of hydrogen-bond donors (Lipinski definition) is 1. The van der Waals surface area contributed by atoms with Crippen LogP contribution in [0.4, 0.5) is 11.6 Å². The van der Waals surface area contributed by atoms with E-state index in [2.05, 4.69) is 20.3 Å². The van der Waals surface area contributed by atoms with Gasteiger partial charge in [-0.15, -0.1) is 0 Å². The predicted octanol–water partition coefficient (Wildman–Crippen LogP) is 2.97. The van der Waals surface area contributed by atoms with Crippen molar-refractivity contribution in [1.82, 2.24) is 15.0 Å². The molecule has 1 heterocycles. The molecule has 0 bridgehead atoms. The van der Waals surface area contributed by atoms with Gasteiger partial charge in [-0.1, -0.05) is 6.07 Å². The van der Waals surface area contributed by atoms with Crippen LogP contribution >= 0.6 is 11.6 Å². The van der Waals surface area contributed by atoms with E-state index >= 15 is 0 Å². The Bertz CT molecular complexity index is 680. The van der Waals surface area contributed by atoms with Crippen LogP contribution in [0.3, 0.4) is 0 Å². The topological polar surface area (TPSA) is 103 Å². The van der Waals surface area contributed by atoms with E-state index < -0.39 is 4.92 Å². The molecule has 0 fully saturated rings. The maximum atomic E-state index is 11.0. The Balaban J connectivity index is 2.36. The van der Waals surface area contributed by atoms with Crippen molar-refractivity contribution in [3.63, 3.8) is 0 Å². The maximum absolute atomic E-state index is 11.0. The molecule has 110 valence electrons. The molecule has 0 amide bonds. The lowest BCUT2D eigenvalue weighted by molar-refractivity contribution is -0.385. The Hall–Kier alpha value is -2.48. The van der Waals surface area contributed by atoms with Gasteiger partial charge in [-0.3, -0.25) is 10.1 Å². The molecule has 2 aromatic rings. The number of aryl methyl sites for hydroxylation is 1. The summed E-state index contributed by atoms with van der Waals surface area (Å²) in [6.45, 7) is 4.20. The summed E-state index contributed by atoms with van der Waals surface area (Å²) in [5.74, 6) is 0.276. The normalized spacial score (nSPS) is 10.2. The number of aromatic nitrogens is 3. The third kappa shape index (κ3) is 3.76. The standard InChI is InChI=1S/C12H12ClN5O3/c1-3-14-11-15-10(13)16-12(17-11)21-9-5-4-7(2)6-8(9)18(19)20/h4-6H,3H2,1-2H3,(H,14,15,16,17). The van der Waals surface area contributed by atoms with Crippen LogP contribution in [-0.4, -0.2) is 26.4 Å². The van der Waals surface area contributed by atoms with Crippen molar-refractivity contribution >= 4 is 23.2 Å². The van der Waals surface area contributed by atoms with Crippen LogP contribution in [0.15, 0.2) is 18.2 Å². The van der Waals surface area contributed by atoms with Crippen molar-refractivity contribution in [2.75, 3.05) is 11.9 Å². The second-order valence-corrected chi connectivity index (χ2v) is 4.41. The van der Waals surface area contributed by atoms with Crippen molar-refractivity contribution in [2.45, 2.75) is 13.8 Å². The minimum atomic E-state index is -0.531. The number of rotatable bonds is 5. The summed E-state index contributed by atoms with van der Waals surface area (Å²) in [6, 6.07) is 4.47. The number of nitrogens with zero attached hydrogens (tertiary/aromatic N) is 4. The second-order valence-electron chi connectivity index (χ2n) is 4.07. The summed E-state index contributed by atoms with van der Waals surface area (Å²) in [5.41, 5.74) is 0.576. The van der Waals surface area contributed by atoms with E-state index in [0.717, 1.165) is 5.56 Å². The first kappa shape index (κ1) is 14.9.